The largest absolute Gasteiger partial charge is 0.487 e. The van der Waals surface area contributed by atoms with Crippen LogP contribution >= 0.6 is 0 Å². The van der Waals surface area contributed by atoms with Crippen molar-refractivity contribution in [3.63, 3.8) is 0 Å². The normalized spacial score (nSPS) is 24.1. The van der Waals surface area contributed by atoms with E-state index in [0.717, 1.165) is 29.2 Å². The van der Waals surface area contributed by atoms with Crippen LogP contribution in [0, 0.1) is 0 Å². The average Bonchev–Trinajstić information content (AvgIpc) is 2.34. The lowest BCUT2D eigenvalue weighted by Crippen LogP contribution is -2.38. The van der Waals surface area contributed by atoms with E-state index in [9.17, 15) is 0 Å². The van der Waals surface area contributed by atoms with Gasteiger partial charge in [0.05, 0.1) is 0 Å². The monoisotopic (exact) mass is 249 g/mol. The molecule has 2 aliphatic rings. The zero-order valence-corrected chi connectivity index (χ0v) is 11.1. The maximum Gasteiger partial charge on any atom is 0.165 e. The van der Waals surface area contributed by atoms with Crippen LogP contribution in [0.2, 0.25) is 0 Å². The van der Waals surface area contributed by atoms with Crippen LogP contribution in [0.25, 0.3) is 0 Å². The van der Waals surface area contributed by atoms with E-state index in [1.54, 1.807) is 0 Å². The first-order chi connectivity index (χ1) is 8.59. The second kappa shape index (κ2) is 4.05. The predicted molar refractivity (Wildman–Crippen MR) is 68.6 cm³/mol. The summed E-state index contributed by atoms with van der Waals surface area (Å²) in [5.41, 5.74) is 0.992. The van der Waals surface area contributed by atoms with Crippen LogP contribution in [0.3, 0.4) is 0 Å². The molecule has 98 valence electrons. The smallest absolute Gasteiger partial charge is 0.165 e. The summed E-state index contributed by atoms with van der Waals surface area (Å²) in [6.07, 6.45) is 0.941. The molecule has 1 aromatic carbocycles. The molecule has 4 heteroatoms. The van der Waals surface area contributed by atoms with Crippen LogP contribution in [-0.4, -0.2) is 25.9 Å². The molecule has 0 saturated carbocycles. The summed E-state index contributed by atoms with van der Waals surface area (Å²) < 4.78 is 17.3. The maximum atomic E-state index is 6.04. The molecule has 1 N–H and O–H groups in total. The summed E-state index contributed by atoms with van der Waals surface area (Å²) in [5.74, 6) is 2.51. The van der Waals surface area contributed by atoms with Gasteiger partial charge in [0.15, 0.2) is 11.5 Å². The summed E-state index contributed by atoms with van der Waals surface area (Å²) in [6, 6.07) is 4.29. The average molecular weight is 249 g/mol. The van der Waals surface area contributed by atoms with E-state index in [-0.39, 0.29) is 5.60 Å². The van der Waals surface area contributed by atoms with Crippen molar-refractivity contribution >= 4 is 0 Å². The van der Waals surface area contributed by atoms with Crippen LogP contribution in [0.1, 0.15) is 31.9 Å². The molecule has 4 nitrogen and oxygen atoms in total. The van der Waals surface area contributed by atoms with Crippen molar-refractivity contribution in [2.24, 2.45) is 0 Å². The van der Waals surface area contributed by atoms with Gasteiger partial charge in [-0.3, -0.25) is 0 Å². The van der Waals surface area contributed by atoms with E-state index in [2.05, 4.69) is 19.2 Å². The van der Waals surface area contributed by atoms with E-state index in [1.807, 2.05) is 19.2 Å². The fourth-order valence-corrected chi connectivity index (χ4v) is 2.64. The molecule has 1 unspecified atom stereocenters. The lowest BCUT2D eigenvalue weighted by molar-refractivity contribution is 0.0659. The van der Waals surface area contributed by atoms with Crippen molar-refractivity contribution in [3.8, 4) is 17.2 Å². The number of hydrogen-bond acceptors (Lipinski definition) is 4. The molecule has 0 aromatic heterocycles. The third-order valence-corrected chi connectivity index (χ3v) is 3.48. The number of ether oxygens (including phenoxy) is 3. The summed E-state index contributed by atoms with van der Waals surface area (Å²) in [5, 5.41) is 3.35. The Morgan fingerprint density at radius 3 is 2.44 bits per heavy atom. The molecule has 2 aliphatic heterocycles. The Bertz CT molecular complexity index is 470. The van der Waals surface area contributed by atoms with Crippen molar-refractivity contribution in [2.45, 2.75) is 31.9 Å². The third kappa shape index (κ3) is 1.90. The van der Waals surface area contributed by atoms with Gasteiger partial charge in [0.2, 0.25) is 0 Å². The summed E-state index contributed by atoms with van der Waals surface area (Å²) in [7, 11) is 1.98. The molecule has 0 radical (unpaired) electrons. The second-order valence-corrected chi connectivity index (χ2v) is 5.44. The van der Waals surface area contributed by atoms with E-state index < -0.39 is 0 Å². The minimum absolute atomic E-state index is 0.162. The van der Waals surface area contributed by atoms with E-state index in [1.165, 1.54) is 0 Å². The van der Waals surface area contributed by atoms with Gasteiger partial charge in [-0.1, -0.05) is 0 Å². The Morgan fingerprint density at radius 1 is 1.11 bits per heavy atom. The molecule has 1 aromatic rings. The number of nitrogens with one attached hydrogen (secondary N) is 1. The van der Waals surface area contributed by atoms with Crippen LogP contribution in [0.5, 0.6) is 17.2 Å². The Labute approximate surface area is 107 Å². The molecule has 0 bridgehead atoms. The van der Waals surface area contributed by atoms with Crippen LogP contribution in [0.15, 0.2) is 12.1 Å². The molecular formula is C14H19NO3. The number of hydrogen-bond donors (Lipinski definition) is 1. The van der Waals surface area contributed by atoms with Gasteiger partial charge in [-0.25, -0.2) is 0 Å². The highest BCUT2D eigenvalue weighted by Crippen LogP contribution is 2.45. The highest BCUT2D eigenvalue weighted by molar-refractivity contribution is 5.53. The number of rotatable bonds is 1. The molecule has 0 amide bonds. The van der Waals surface area contributed by atoms with E-state index >= 15 is 0 Å². The fourth-order valence-electron chi connectivity index (χ4n) is 2.64. The SMILES string of the molecule is CNC1CC(C)(C)Oc2cc3c(cc21)OCCO3. The lowest BCUT2D eigenvalue weighted by Gasteiger charge is -2.38. The van der Waals surface area contributed by atoms with Crippen LogP contribution in [0.4, 0.5) is 0 Å². The predicted octanol–water partition coefficient (Wildman–Crippen LogP) is 2.28. The molecule has 0 saturated heterocycles. The van der Waals surface area contributed by atoms with Crippen molar-refractivity contribution < 1.29 is 14.2 Å². The zero-order valence-electron chi connectivity index (χ0n) is 11.1. The molecule has 0 fully saturated rings. The Morgan fingerprint density at radius 2 is 1.78 bits per heavy atom. The molecule has 1 atom stereocenters. The van der Waals surface area contributed by atoms with Crippen LogP contribution in [-0.2, 0) is 0 Å². The first-order valence-electron chi connectivity index (χ1n) is 6.39. The van der Waals surface area contributed by atoms with Gasteiger partial charge in [-0.05, 0) is 27.0 Å². The first-order valence-corrected chi connectivity index (χ1v) is 6.39. The standard InChI is InChI=1S/C14H19NO3/c1-14(2)8-10(15-3)9-6-12-13(7-11(9)18-14)17-5-4-16-12/h6-7,10,15H,4-5,8H2,1-3H3. The third-order valence-electron chi connectivity index (χ3n) is 3.48. The highest BCUT2D eigenvalue weighted by Gasteiger charge is 2.34. The molecular weight excluding hydrogens is 230 g/mol. The lowest BCUT2D eigenvalue weighted by atomic mass is 9.89. The van der Waals surface area contributed by atoms with Gasteiger partial charge in [-0.2, -0.15) is 0 Å². The molecule has 0 aliphatic carbocycles. The van der Waals surface area contributed by atoms with Gasteiger partial charge in [0.1, 0.15) is 24.6 Å². The molecule has 0 spiro atoms. The van der Waals surface area contributed by atoms with E-state index in [0.29, 0.717) is 19.3 Å². The van der Waals surface area contributed by atoms with Gasteiger partial charge in [0.25, 0.3) is 0 Å². The Hall–Kier alpha value is -1.42. The summed E-state index contributed by atoms with van der Waals surface area (Å²) >= 11 is 0. The summed E-state index contributed by atoms with van der Waals surface area (Å²) in [4.78, 5) is 0. The molecule has 18 heavy (non-hydrogen) atoms. The number of fused-ring (bicyclic) bond motifs is 2. The Balaban J connectivity index is 2.06. The highest BCUT2D eigenvalue weighted by atomic mass is 16.6. The quantitative estimate of drug-likeness (QED) is 0.829. The minimum atomic E-state index is -0.162. The number of benzene rings is 1. The summed E-state index contributed by atoms with van der Waals surface area (Å²) in [6.45, 7) is 5.43. The zero-order chi connectivity index (χ0) is 12.8. The van der Waals surface area contributed by atoms with Crippen molar-refractivity contribution in [1.82, 2.24) is 5.32 Å². The second-order valence-electron chi connectivity index (χ2n) is 5.44. The van der Waals surface area contributed by atoms with Crippen molar-refractivity contribution in [3.05, 3.63) is 17.7 Å². The van der Waals surface area contributed by atoms with Gasteiger partial charge in [0, 0.05) is 24.1 Å². The van der Waals surface area contributed by atoms with Crippen molar-refractivity contribution in [1.29, 1.82) is 0 Å². The van der Waals surface area contributed by atoms with Gasteiger partial charge in [-0.15, -0.1) is 0 Å². The molecule has 3 rings (SSSR count). The van der Waals surface area contributed by atoms with E-state index in [4.69, 9.17) is 14.2 Å². The van der Waals surface area contributed by atoms with Crippen LogP contribution < -0.4 is 19.5 Å². The van der Waals surface area contributed by atoms with Gasteiger partial charge >= 0.3 is 0 Å². The molecule has 2 heterocycles. The fraction of sp³-hybridized carbons (Fsp3) is 0.571. The van der Waals surface area contributed by atoms with Gasteiger partial charge < -0.3 is 19.5 Å². The van der Waals surface area contributed by atoms with Crippen molar-refractivity contribution in [2.75, 3.05) is 20.3 Å². The minimum Gasteiger partial charge on any atom is -0.487 e. The Kier molecular flexibility index (Phi) is 2.63. The first kappa shape index (κ1) is 11.7. The maximum absolute atomic E-state index is 6.04. The topological polar surface area (TPSA) is 39.7 Å².